The van der Waals surface area contributed by atoms with Crippen molar-refractivity contribution in [2.24, 2.45) is 0 Å². The second-order valence-corrected chi connectivity index (χ2v) is 5.44. The number of hydrogen-bond donors (Lipinski definition) is 0. The van der Waals surface area contributed by atoms with Gasteiger partial charge in [-0.3, -0.25) is 0 Å². The van der Waals surface area contributed by atoms with Crippen molar-refractivity contribution in [3.8, 4) is 5.75 Å². The van der Waals surface area contributed by atoms with E-state index < -0.39 is 0 Å². The van der Waals surface area contributed by atoms with Crippen molar-refractivity contribution in [2.75, 3.05) is 6.61 Å². The van der Waals surface area contributed by atoms with Crippen LogP contribution in [-0.4, -0.2) is 6.61 Å². The summed E-state index contributed by atoms with van der Waals surface area (Å²) in [6, 6.07) is 6.45. The quantitative estimate of drug-likeness (QED) is 0.581. The molecule has 0 saturated carbocycles. The summed E-state index contributed by atoms with van der Waals surface area (Å²) in [5.41, 5.74) is 0. The van der Waals surface area contributed by atoms with Gasteiger partial charge in [0.1, 0.15) is 5.75 Å². The summed E-state index contributed by atoms with van der Waals surface area (Å²) in [5, 5.41) is 0. The summed E-state index contributed by atoms with van der Waals surface area (Å²) in [6.07, 6.45) is 7.94. The average Bonchev–Trinajstić information content (AvgIpc) is 2.90. The van der Waals surface area contributed by atoms with E-state index in [2.05, 4.69) is 25.1 Å². The minimum absolute atomic E-state index is 0.878. The molecule has 0 amide bonds. The van der Waals surface area contributed by atoms with Crippen LogP contribution < -0.4 is 4.74 Å². The van der Waals surface area contributed by atoms with E-state index in [1.165, 1.54) is 47.9 Å². The van der Waals surface area contributed by atoms with E-state index in [0.717, 1.165) is 12.4 Å². The van der Waals surface area contributed by atoms with Crippen LogP contribution in [0.25, 0.3) is 9.40 Å². The number of thiophene rings is 2. The van der Waals surface area contributed by atoms with Gasteiger partial charge < -0.3 is 4.74 Å². The molecule has 2 bridgehead atoms. The highest BCUT2D eigenvalue weighted by Crippen LogP contribution is 2.34. The van der Waals surface area contributed by atoms with Crippen molar-refractivity contribution >= 4 is 20.7 Å². The molecule has 0 atom stereocenters. The van der Waals surface area contributed by atoms with Crippen LogP contribution in [0.5, 0.6) is 5.75 Å². The van der Waals surface area contributed by atoms with E-state index >= 15 is 0 Å². The first-order valence-corrected chi connectivity index (χ1v) is 7.16. The van der Waals surface area contributed by atoms with E-state index in [1.807, 2.05) is 11.3 Å². The van der Waals surface area contributed by atoms with Crippen LogP contribution in [0.1, 0.15) is 45.4 Å². The van der Waals surface area contributed by atoms with Gasteiger partial charge in [-0.2, -0.15) is 0 Å². The Hall–Kier alpha value is -0.760. The van der Waals surface area contributed by atoms with Gasteiger partial charge >= 0.3 is 0 Å². The molecule has 0 aromatic carbocycles. The van der Waals surface area contributed by atoms with Crippen molar-refractivity contribution in [3.05, 3.63) is 18.2 Å². The molecular weight excluding hydrogens is 216 g/mol. The van der Waals surface area contributed by atoms with Gasteiger partial charge in [0.25, 0.3) is 0 Å². The zero-order valence-electron chi connectivity index (χ0n) is 10.00. The van der Waals surface area contributed by atoms with Gasteiger partial charge in [-0.1, -0.05) is 39.0 Å². The first-order valence-electron chi connectivity index (χ1n) is 6.35. The maximum atomic E-state index is 5.77. The second-order valence-electron chi connectivity index (χ2n) is 4.33. The van der Waals surface area contributed by atoms with Gasteiger partial charge in [0.15, 0.2) is 0 Å². The lowest BCUT2D eigenvalue weighted by Crippen LogP contribution is -1.96. The van der Waals surface area contributed by atoms with Crippen LogP contribution in [0.2, 0.25) is 0 Å². The third-order valence-corrected chi connectivity index (χ3v) is 3.95. The minimum atomic E-state index is 0.878. The number of fused-ring (bicyclic) bond motifs is 2. The van der Waals surface area contributed by atoms with E-state index in [1.54, 1.807) is 0 Å². The third kappa shape index (κ3) is 3.11. The Morgan fingerprint density at radius 2 is 1.88 bits per heavy atom. The molecule has 0 N–H and O–H groups in total. The van der Waals surface area contributed by atoms with Crippen molar-refractivity contribution in [2.45, 2.75) is 45.4 Å². The third-order valence-electron chi connectivity index (χ3n) is 2.90. The molecule has 2 heteroatoms. The van der Waals surface area contributed by atoms with Crippen molar-refractivity contribution < 1.29 is 4.74 Å². The zero-order valence-corrected chi connectivity index (χ0v) is 10.8. The number of benzene rings is 1. The van der Waals surface area contributed by atoms with Crippen LogP contribution >= 0.6 is 11.3 Å². The fourth-order valence-electron chi connectivity index (χ4n) is 1.94. The summed E-state index contributed by atoms with van der Waals surface area (Å²) >= 11 is 1.82. The van der Waals surface area contributed by atoms with Gasteiger partial charge in [-0.15, -0.1) is 11.3 Å². The highest BCUT2D eigenvalue weighted by Gasteiger charge is 2.05. The molecule has 88 valence electrons. The molecular formula is C14H20OS. The highest BCUT2D eigenvalue weighted by molar-refractivity contribution is 7.24. The molecule has 2 heterocycles. The zero-order chi connectivity index (χ0) is 11.2. The average molecular weight is 236 g/mol. The van der Waals surface area contributed by atoms with Crippen molar-refractivity contribution in [3.63, 3.8) is 0 Å². The number of hydrogen-bond acceptors (Lipinski definition) is 2. The van der Waals surface area contributed by atoms with E-state index in [0.29, 0.717) is 0 Å². The van der Waals surface area contributed by atoms with Gasteiger partial charge in [-0.05, 0) is 24.6 Å². The summed E-state index contributed by atoms with van der Waals surface area (Å²) < 4.78 is 8.39. The van der Waals surface area contributed by atoms with Gasteiger partial charge in [0, 0.05) is 4.70 Å². The van der Waals surface area contributed by atoms with Crippen molar-refractivity contribution in [1.82, 2.24) is 0 Å². The molecule has 2 aromatic rings. The minimum Gasteiger partial charge on any atom is -0.492 e. The summed E-state index contributed by atoms with van der Waals surface area (Å²) in [6.45, 7) is 3.13. The molecule has 0 radical (unpaired) electrons. The number of rotatable bonds is 8. The Morgan fingerprint density at radius 3 is 2.56 bits per heavy atom. The fourth-order valence-corrected chi connectivity index (χ4v) is 2.85. The smallest absolute Gasteiger partial charge is 0.137 e. The Kier molecular flexibility index (Phi) is 4.46. The largest absolute Gasteiger partial charge is 0.492 e. The van der Waals surface area contributed by atoms with Crippen LogP contribution in [0.15, 0.2) is 18.2 Å². The van der Waals surface area contributed by atoms with E-state index in [4.69, 9.17) is 4.74 Å². The maximum absolute atomic E-state index is 5.77. The molecule has 1 nitrogen and oxygen atoms in total. The topological polar surface area (TPSA) is 9.23 Å². The summed E-state index contributed by atoms with van der Waals surface area (Å²) in [5.74, 6) is 1.09. The van der Waals surface area contributed by atoms with Gasteiger partial charge in [-0.25, -0.2) is 0 Å². The Bertz CT molecular complexity index is 393. The fraction of sp³-hybridized carbons (Fsp3) is 0.571. The Balaban J connectivity index is 1.56. The molecule has 2 aromatic heterocycles. The first-order chi connectivity index (χ1) is 7.90. The normalized spacial score (nSPS) is 11.3. The highest BCUT2D eigenvalue weighted by atomic mass is 32.1. The van der Waals surface area contributed by atoms with Gasteiger partial charge in [0.05, 0.1) is 11.3 Å². The molecule has 0 saturated heterocycles. The molecule has 16 heavy (non-hydrogen) atoms. The Labute approximate surface area is 102 Å². The van der Waals surface area contributed by atoms with Crippen LogP contribution in [0, 0.1) is 0 Å². The van der Waals surface area contributed by atoms with Crippen LogP contribution in [0.4, 0.5) is 0 Å². The SMILES string of the molecule is CCCCCCCCOc1cc2ccc1s2. The predicted molar refractivity (Wildman–Crippen MR) is 71.9 cm³/mol. The monoisotopic (exact) mass is 236 g/mol. The predicted octanol–water partition coefficient (Wildman–Crippen LogP) is 5.08. The number of ether oxygens (including phenoxy) is 1. The molecule has 0 aliphatic carbocycles. The second kappa shape index (κ2) is 6.09. The van der Waals surface area contributed by atoms with Crippen LogP contribution in [0.3, 0.4) is 0 Å². The van der Waals surface area contributed by atoms with E-state index in [-0.39, 0.29) is 0 Å². The lowest BCUT2D eigenvalue weighted by atomic mass is 10.1. The maximum Gasteiger partial charge on any atom is 0.137 e. The molecule has 2 rings (SSSR count). The molecule has 0 unspecified atom stereocenters. The van der Waals surface area contributed by atoms with E-state index in [9.17, 15) is 0 Å². The molecule has 0 fully saturated rings. The van der Waals surface area contributed by atoms with Crippen LogP contribution in [-0.2, 0) is 0 Å². The van der Waals surface area contributed by atoms with Crippen molar-refractivity contribution in [1.29, 1.82) is 0 Å². The molecule has 0 spiro atoms. The summed E-state index contributed by atoms with van der Waals surface area (Å²) in [7, 11) is 0. The number of unbranched alkanes of at least 4 members (excludes halogenated alkanes) is 5. The lowest BCUT2D eigenvalue weighted by Gasteiger charge is -2.04. The molecule has 0 aliphatic rings. The lowest BCUT2D eigenvalue weighted by molar-refractivity contribution is 0.308. The first kappa shape index (κ1) is 11.7. The molecule has 0 aliphatic heterocycles. The van der Waals surface area contributed by atoms with Gasteiger partial charge in [0.2, 0.25) is 0 Å². The standard InChI is InChI=1S/C14H20OS/c1-2-3-4-5-6-7-10-15-13-11-12-8-9-14(13)16-12/h8-9,11H,2-7,10H2,1H3. The Morgan fingerprint density at radius 1 is 1.06 bits per heavy atom. The summed E-state index contributed by atoms with van der Waals surface area (Å²) in [4.78, 5) is 0.